The Hall–Kier alpha value is -8.34. The van der Waals surface area contributed by atoms with E-state index >= 15 is 0 Å². The van der Waals surface area contributed by atoms with Gasteiger partial charge < -0.3 is 14.6 Å². The SMILES string of the molecule is CCCCCc1cc2c3c(c1)N(c1ccc(-c4ccccc4)cc1)c1ccc(-c4ccccc4)cc1B3N(c1ccc(-c3ccccc3)cc1)c1ccc(N(c3ccccc3)c3ccccc3)cc1-2. The Morgan fingerprint density at radius 2 is 0.870 bits per heavy atom. The second-order valence-corrected chi connectivity index (χ2v) is 18.3. The number of hydrogen-bond acceptors (Lipinski definition) is 3. The summed E-state index contributed by atoms with van der Waals surface area (Å²) in [5, 5.41) is 0. The molecule has 0 unspecified atom stereocenters. The molecule has 10 aromatic rings. The zero-order chi connectivity index (χ0) is 46.1. The molecule has 4 heteroatoms. The van der Waals surface area contributed by atoms with E-state index in [1.807, 2.05) is 0 Å². The first kappa shape index (κ1) is 42.0. The molecule has 0 spiro atoms. The van der Waals surface area contributed by atoms with Crippen LogP contribution in [0.25, 0.3) is 44.5 Å². The largest absolute Gasteiger partial charge is 0.376 e. The molecule has 0 N–H and O–H groups in total. The number of hydrogen-bond donors (Lipinski definition) is 0. The van der Waals surface area contributed by atoms with Crippen LogP contribution < -0.4 is 25.5 Å². The van der Waals surface area contributed by atoms with Crippen molar-refractivity contribution in [3.63, 3.8) is 0 Å². The molecule has 69 heavy (non-hydrogen) atoms. The summed E-state index contributed by atoms with van der Waals surface area (Å²) in [6.07, 6.45) is 4.53. The maximum absolute atomic E-state index is 2.63. The predicted molar refractivity (Wildman–Crippen MR) is 294 cm³/mol. The van der Waals surface area contributed by atoms with E-state index in [0.717, 1.165) is 41.3 Å². The summed E-state index contributed by atoms with van der Waals surface area (Å²) in [7, 11) is 0. The summed E-state index contributed by atoms with van der Waals surface area (Å²) in [6, 6.07) is 91.7. The van der Waals surface area contributed by atoms with Crippen LogP contribution in [0.1, 0.15) is 31.7 Å². The van der Waals surface area contributed by atoms with Crippen molar-refractivity contribution in [3.8, 4) is 44.5 Å². The third kappa shape index (κ3) is 7.88. The number of unbranched alkanes of at least 4 members (excludes halogenated alkanes) is 2. The van der Waals surface area contributed by atoms with E-state index in [2.05, 4.69) is 270 Å². The number of benzene rings is 10. The first-order valence-electron chi connectivity index (χ1n) is 24.5. The quantitative estimate of drug-likeness (QED) is 0.0894. The summed E-state index contributed by atoms with van der Waals surface area (Å²) in [5.74, 6) is 0. The van der Waals surface area contributed by atoms with Gasteiger partial charge in [-0.3, -0.25) is 0 Å². The van der Waals surface area contributed by atoms with Crippen molar-refractivity contribution >= 4 is 63.3 Å². The van der Waals surface area contributed by atoms with E-state index in [9.17, 15) is 0 Å². The van der Waals surface area contributed by atoms with Crippen molar-refractivity contribution in [2.24, 2.45) is 0 Å². The summed E-state index contributed by atoms with van der Waals surface area (Å²) in [4.78, 5) is 7.59. The Kier molecular flexibility index (Phi) is 11.2. The van der Waals surface area contributed by atoms with Crippen molar-refractivity contribution in [2.45, 2.75) is 32.6 Å². The molecule has 0 saturated heterocycles. The number of anilines is 8. The lowest BCUT2D eigenvalue weighted by Gasteiger charge is -2.46. The van der Waals surface area contributed by atoms with Gasteiger partial charge in [0.2, 0.25) is 0 Å². The van der Waals surface area contributed by atoms with Gasteiger partial charge in [0, 0.05) is 51.1 Å². The molecule has 0 aliphatic carbocycles. The van der Waals surface area contributed by atoms with Crippen molar-refractivity contribution in [1.29, 1.82) is 0 Å². The van der Waals surface area contributed by atoms with E-state index in [1.165, 1.54) is 90.9 Å². The average Bonchev–Trinajstić information content (AvgIpc) is 3.42. The van der Waals surface area contributed by atoms with Crippen LogP contribution in [0.5, 0.6) is 0 Å². The van der Waals surface area contributed by atoms with Crippen LogP contribution in [0, 0.1) is 0 Å². The maximum atomic E-state index is 2.63. The Bertz CT molecular complexity index is 3340. The highest BCUT2D eigenvalue weighted by atomic mass is 15.2. The van der Waals surface area contributed by atoms with Gasteiger partial charge in [-0.1, -0.05) is 190 Å². The second-order valence-electron chi connectivity index (χ2n) is 18.3. The molecule has 0 bridgehead atoms. The molecule has 0 amide bonds. The fourth-order valence-electron chi connectivity index (χ4n) is 10.7. The monoisotopic (exact) mass is 885 g/mol. The van der Waals surface area contributed by atoms with Gasteiger partial charge in [0.05, 0.1) is 0 Å². The number of aryl methyl sites for hydroxylation is 1. The highest BCUT2D eigenvalue weighted by molar-refractivity contribution is 6.93. The maximum Gasteiger partial charge on any atom is 0.333 e. The highest BCUT2D eigenvalue weighted by Gasteiger charge is 2.45. The van der Waals surface area contributed by atoms with Gasteiger partial charge in [-0.15, -0.1) is 0 Å². The van der Waals surface area contributed by atoms with Crippen molar-refractivity contribution < 1.29 is 0 Å². The van der Waals surface area contributed by atoms with Gasteiger partial charge in [0.1, 0.15) is 0 Å². The van der Waals surface area contributed by atoms with E-state index in [-0.39, 0.29) is 6.85 Å². The molecule has 0 radical (unpaired) electrons. The van der Waals surface area contributed by atoms with E-state index in [4.69, 9.17) is 0 Å². The summed E-state index contributed by atoms with van der Waals surface area (Å²) in [6.45, 7) is 2.17. The van der Waals surface area contributed by atoms with Gasteiger partial charge in [0.25, 0.3) is 0 Å². The number of nitrogens with zero attached hydrogens (tertiary/aromatic N) is 3. The second kappa shape index (κ2) is 18.4. The molecule has 12 rings (SSSR count). The van der Waals surface area contributed by atoms with E-state index in [0.29, 0.717) is 0 Å². The van der Waals surface area contributed by atoms with Crippen LogP contribution >= 0.6 is 0 Å². The molecule has 2 aliphatic rings. The molecule has 0 saturated carbocycles. The van der Waals surface area contributed by atoms with Crippen molar-refractivity contribution in [3.05, 3.63) is 254 Å². The standard InChI is InChI=1S/C65H52BN3/c1-2-3-9-20-47-43-60-59-46-58(67(54-27-16-7-17-28-54)55-29-18-8-19-30-55)40-42-62(59)69(57-38-33-52(34-39-57)49-23-12-5-13-24-49)66-61-45-53(50-25-14-6-15-26-50)35-41-63(61)68(64(44-47)65(60)66)56-36-31-51(32-37-56)48-21-10-4-11-22-48/h4-8,10-19,21-46H,2-3,9,20H2,1H3. The summed E-state index contributed by atoms with van der Waals surface area (Å²) in [5.41, 5.74) is 23.0. The minimum absolute atomic E-state index is 0.126. The van der Waals surface area contributed by atoms with Crippen LogP contribution in [0.3, 0.4) is 0 Å². The zero-order valence-corrected chi connectivity index (χ0v) is 38.9. The lowest BCUT2D eigenvalue weighted by Crippen LogP contribution is -2.61. The van der Waals surface area contributed by atoms with Crippen LogP contribution in [-0.4, -0.2) is 6.85 Å². The molecule has 0 fully saturated rings. The normalized spacial score (nSPS) is 12.3. The van der Waals surface area contributed by atoms with Crippen LogP contribution in [0.15, 0.2) is 249 Å². The van der Waals surface area contributed by atoms with Crippen LogP contribution in [-0.2, 0) is 6.42 Å². The Balaban J connectivity index is 1.13. The molecule has 2 aliphatic heterocycles. The summed E-state index contributed by atoms with van der Waals surface area (Å²) < 4.78 is 0. The van der Waals surface area contributed by atoms with E-state index < -0.39 is 0 Å². The van der Waals surface area contributed by atoms with Crippen molar-refractivity contribution in [2.75, 3.05) is 14.6 Å². The first-order chi connectivity index (χ1) is 34.2. The van der Waals surface area contributed by atoms with Gasteiger partial charge in [-0.2, -0.15) is 0 Å². The lowest BCUT2D eigenvalue weighted by molar-refractivity contribution is 0.717. The minimum Gasteiger partial charge on any atom is -0.376 e. The smallest absolute Gasteiger partial charge is 0.333 e. The van der Waals surface area contributed by atoms with Crippen molar-refractivity contribution in [1.82, 2.24) is 0 Å². The fourth-order valence-corrected chi connectivity index (χ4v) is 10.7. The molecule has 0 atom stereocenters. The van der Waals surface area contributed by atoms with Gasteiger partial charge in [-0.25, -0.2) is 0 Å². The third-order valence-electron chi connectivity index (χ3n) is 14.0. The lowest BCUT2D eigenvalue weighted by atomic mass is 9.43. The topological polar surface area (TPSA) is 9.72 Å². The van der Waals surface area contributed by atoms with Crippen LogP contribution in [0.2, 0.25) is 0 Å². The Morgan fingerprint density at radius 3 is 1.43 bits per heavy atom. The molecular weight excluding hydrogens is 834 g/mol. The number of rotatable bonds is 12. The molecule has 10 aromatic carbocycles. The number of fused-ring (bicyclic) bond motifs is 4. The Labute approximate surface area is 407 Å². The fraction of sp³-hybridized carbons (Fsp3) is 0.0769. The summed E-state index contributed by atoms with van der Waals surface area (Å²) >= 11 is 0. The molecule has 0 aromatic heterocycles. The zero-order valence-electron chi connectivity index (χ0n) is 38.9. The van der Waals surface area contributed by atoms with Gasteiger partial charge in [-0.05, 0) is 147 Å². The minimum atomic E-state index is -0.126. The predicted octanol–water partition coefficient (Wildman–Crippen LogP) is 16.6. The first-order valence-corrected chi connectivity index (χ1v) is 24.5. The molecule has 2 heterocycles. The van der Waals surface area contributed by atoms with Gasteiger partial charge in [0.15, 0.2) is 0 Å². The highest BCUT2D eigenvalue weighted by Crippen LogP contribution is 2.50. The van der Waals surface area contributed by atoms with E-state index in [1.54, 1.807) is 0 Å². The number of para-hydroxylation sites is 2. The molecule has 330 valence electrons. The average molecular weight is 886 g/mol. The van der Waals surface area contributed by atoms with Crippen LogP contribution in [0.4, 0.5) is 45.5 Å². The Morgan fingerprint density at radius 1 is 0.377 bits per heavy atom. The van der Waals surface area contributed by atoms with Gasteiger partial charge >= 0.3 is 6.85 Å². The molecule has 3 nitrogen and oxygen atoms in total. The molecular formula is C65H52BN3. The third-order valence-corrected chi connectivity index (χ3v) is 14.0.